The zero-order valence-corrected chi connectivity index (χ0v) is 22.8. The molecule has 0 aliphatic rings. The average molecular weight is 490 g/mol. The summed E-state index contributed by atoms with van der Waals surface area (Å²) in [6.45, 7) is 16.8. The third-order valence-corrected chi connectivity index (χ3v) is 5.99. The molecular weight excluding hydrogens is 450 g/mol. The number of carbonyl (C=O) groups is 2. The predicted octanol–water partition coefficient (Wildman–Crippen LogP) is 6.22. The van der Waals surface area contributed by atoms with E-state index in [1.165, 1.54) is 0 Å². The van der Waals surface area contributed by atoms with Crippen LogP contribution in [0.25, 0.3) is 5.69 Å². The number of amides is 3. The van der Waals surface area contributed by atoms with E-state index in [4.69, 9.17) is 5.10 Å². The van der Waals surface area contributed by atoms with Crippen molar-refractivity contribution in [3.63, 3.8) is 0 Å². The number of rotatable bonds is 7. The summed E-state index contributed by atoms with van der Waals surface area (Å²) in [5, 5.41) is 10.7. The van der Waals surface area contributed by atoms with Crippen LogP contribution in [0.1, 0.15) is 57.0 Å². The molecule has 7 nitrogen and oxygen atoms in total. The number of anilines is 2. The minimum atomic E-state index is -0.301. The highest BCUT2D eigenvalue weighted by Crippen LogP contribution is 2.26. The number of urea groups is 1. The number of nitrogens with zero attached hydrogens (tertiary/aromatic N) is 3. The summed E-state index contributed by atoms with van der Waals surface area (Å²) in [6.07, 6.45) is 0. The Kier molecular flexibility index (Phi) is 8.23. The minimum Gasteiger partial charge on any atom is -0.315 e. The zero-order valence-electron chi connectivity index (χ0n) is 22.8. The fraction of sp³-hybridized carbons (Fsp3) is 0.414. The van der Waals surface area contributed by atoms with Gasteiger partial charge in [-0.05, 0) is 62.1 Å². The van der Waals surface area contributed by atoms with Crippen molar-refractivity contribution in [1.29, 1.82) is 0 Å². The number of aryl methyl sites for hydroxylation is 3. The largest absolute Gasteiger partial charge is 0.322 e. The third-order valence-electron chi connectivity index (χ3n) is 5.99. The Morgan fingerprint density at radius 3 is 2.19 bits per heavy atom. The number of hydrogen-bond donors (Lipinski definition) is 2. The first-order valence-corrected chi connectivity index (χ1v) is 12.4. The molecular formula is C29H39N5O2. The van der Waals surface area contributed by atoms with Crippen molar-refractivity contribution >= 4 is 23.4 Å². The van der Waals surface area contributed by atoms with E-state index in [1.807, 2.05) is 83.1 Å². The molecule has 2 aromatic carbocycles. The number of nitrogens with one attached hydrogen (secondary N) is 2. The van der Waals surface area contributed by atoms with Gasteiger partial charge in [0.25, 0.3) is 0 Å². The van der Waals surface area contributed by atoms with E-state index < -0.39 is 0 Å². The quantitative estimate of drug-likeness (QED) is 0.413. The second-order valence-electron chi connectivity index (χ2n) is 11.0. The highest BCUT2D eigenvalue weighted by Gasteiger charge is 2.23. The highest BCUT2D eigenvalue weighted by atomic mass is 16.2. The average Bonchev–Trinajstić information content (AvgIpc) is 3.20. The lowest BCUT2D eigenvalue weighted by molar-refractivity contribution is -0.116. The van der Waals surface area contributed by atoms with Crippen LogP contribution < -0.4 is 10.6 Å². The van der Waals surface area contributed by atoms with Crippen LogP contribution in [0.3, 0.4) is 0 Å². The van der Waals surface area contributed by atoms with E-state index >= 15 is 0 Å². The zero-order chi connectivity index (χ0) is 26.6. The molecule has 0 radical (unpaired) electrons. The molecule has 0 spiro atoms. The minimum absolute atomic E-state index is 0.0706. The Balaban J connectivity index is 1.81. The van der Waals surface area contributed by atoms with Crippen LogP contribution >= 0.6 is 0 Å². The van der Waals surface area contributed by atoms with E-state index in [0.29, 0.717) is 18.1 Å². The molecule has 192 valence electrons. The second-order valence-corrected chi connectivity index (χ2v) is 11.0. The van der Waals surface area contributed by atoms with Crippen LogP contribution in [0.2, 0.25) is 0 Å². The maximum absolute atomic E-state index is 13.2. The van der Waals surface area contributed by atoms with Crippen LogP contribution in [0.15, 0.2) is 48.5 Å². The van der Waals surface area contributed by atoms with Gasteiger partial charge < -0.3 is 15.5 Å². The van der Waals surface area contributed by atoms with Crippen molar-refractivity contribution in [2.75, 3.05) is 23.7 Å². The molecule has 0 bridgehead atoms. The maximum atomic E-state index is 13.2. The van der Waals surface area contributed by atoms with Crippen LogP contribution in [0.5, 0.6) is 0 Å². The summed E-state index contributed by atoms with van der Waals surface area (Å²) in [6, 6.07) is 15.4. The van der Waals surface area contributed by atoms with Crippen molar-refractivity contribution in [1.82, 2.24) is 14.7 Å². The number of hydrogen-bond acceptors (Lipinski definition) is 3. The summed E-state index contributed by atoms with van der Waals surface area (Å²) in [5.41, 5.74) is 5.65. The van der Waals surface area contributed by atoms with Gasteiger partial charge in [-0.1, -0.05) is 58.4 Å². The maximum Gasteiger partial charge on any atom is 0.322 e. The summed E-state index contributed by atoms with van der Waals surface area (Å²) in [7, 11) is 0. The Hall–Kier alpha value is -3.61. The Labute approximate surface area is 214 Å². The topological polar surface area (TPSA) is 79.3 Å². The van der Waals surface area contributed by atoms with Gasteiger partial charge in [0.15, 0.2) is 0 Å². The first-order valence-electron chi connectivity index (χ1n) is 12.4. The van der Waals surface area contributed by atoms with Crippen molar-refractivity contribution in [3.05, 3.63) is 70.9 Å². The van der Waals surface area contributed by atoms with Crippen LogP contribution in [0, 0.1) is 26.7 Å². The number of benzene rings is 2. The standard InChI is InChI=1S/C29H39N5O2/c1-19(2)17-33(28(36)30-23-12-11-21(4)22(5)15-23)18-27(35)31-26-16-25(29(6,7)8)32-34(26)24-13-9-20(3)10-14-24/h9-16,19H,17-18H2,1-8H3,(H,30,36)(H,31,35). The van der Waals surface area contributed by atoms with E-state index in [1.54, 1.807) is 9.58 Å². The Bertz CT molecular complexity index is 1220. The van der Waals surface area contributed by atoms with Gasteiger partial charge in [0, 0.05) is 23.7 Å². The molecule has 0 aliphatic carbocycles. The first kappa shape index (κ1) is 27.0. The summed E-state index contributed by atoms with van der Waals surface area (Å²) in [4.78, 5) is 27.8. The smallest absolute Gasteiger partial charge is 0.315 e. The van der Waals surface area contributed by atoms with Crippen LogP contribution in [-0.2, 0) is 10.2 Å². The third kappa shape index (κ3) is 6.97. The fourth-order valence-corrected chi connectivity index (χ4v) is 3.76. The van der Waals surface area contributed by atoms with Gasteiger partial charge in [0.05, 0.1) is 11.4 Å². The van der Waals surface area contributed by atoms with E-state index in [0.717, 1.165) is 28.1 Å². The van der Waals surface area contributed by atoms with E-state index in [9.17, 15) is 9.59 Å². The van der Waals surface area contributed by atoms with Gasteiger partial charge >= 0.3 is 6.03 Å². The molecule has 0 aliphatic heterocycles. The first-order chi connectivity index (χ1) is 16.8. The molecule has 0 saturated carbocycles. The molecule has 2 N–H and O–H groups in total. The van der Waals surface area contributed by atoms with Crippen molar-refractivity contribution in [2.45, 2.75) is 60.8 Å². The van der Waals surface area contributed by atoms with Crippen LogP contribution in [-0.4, -0.2) is 39.7 Å². The molecule has 36 heavy (non-hydrogen) atoms. The monoisotopic (exact) mass is 489 g/mol. The fourth-order valence-electron chi connectivity index (χ4n) is 3.76. The van der Waals surface area contributed by atoms with Gasteiger partial charge in [-0.15, -0.1) is 0 Å². The van der Waals surface area contributed by atoms with Gasteiger partial charge in [0.1, 0.15) is 12.4 Å². The lowest BCUT2D eigenvalue weighted by Gasteiger charge is -2.24. The van der Waals surface area contributed by atoms with Crippen molar-refractivity contribution in [3.8, 4) is 5.69 Å². The molecule has 0 saturated heterocycles. The van der Waals surface area contributed by atoms with Gasteiger partial charge in [-0.3, -0.25) is 4.79 Å². The molecule has 0 fully saturated rings. The number of carbonyl (C=O) groups excluding carboxylic acids is 2. The molecule has 7 heteroatoms. The molecule has 3 aromatic rings. The lowest BCUT2D eigenvalue weighted by atomic mass is 9.92. The predicted molar refractivity (Wildman–Crippen MR) is 147 cm³/mol. The summed E-state index contributed by atoms with van der Waals surface area (Å²) >= 11 is 0. The molecule has 1 heterocycles. The van der Waals surface area contributed by atoms with Gasteiger partial charge in [0.2, 0.25) is 5.91 Å². The molecule has 3 amide bonds. The summed E-state index contributed by atoms with van der Waals surface area (Å²) < 4.78 is 1.75. The molecule has 0 unspecified atom stereocenters. The molecule has 0 atom stereocenters. The van der Waals surface area contributed by atoms with Crippen LogP contribution in [0.4, 0.5) is 16.3 Å². The van der Waals surface area contributed by atoms with Crippen molar-refractivity contribution in [2.24, 2.45) is 5.92 Å². The Morgan fingerprint density at radius 1 is 0.944 bits per heavy atom. The van der Waals surface area contributed by atoms with Gasteiger partial charge in [-0.25, -0.2) is 9.48 Å². The second kappa shape index (κ2) is 11.0. The molecule has 1 aromatic heterocycles. The molecule has 3 rings (SSSR count). The Morgan fingerprint density at radius 2 is 1.61 bits per heavy atom. The van der Waals surface area contributed by atoms with Crippen molar-refractivity contribution < 1.29 is 9.59 Å². The van der Waals surface area contributed by atoms with E-state index in [-0.39, 0.29) is 29.8 Å². The lowest BCUT2D eigenvalue weighted by Crippen LogP contribution is -2.42. The summed E-state index contributed by atoms with van der Waals surface area (Å²) in [5.74, 6) is 0.501. The normalized spacial score (nSPS) is 11.5. The highest BCUT2D eigenvalue weighted by molar-refractivity contribution is 5.96. The SMILES string of the molecule is Cc1ccc(-n2nc(C(C)(C)C)cc2NC(=O)CN(CC(C)C)C(=O)Nc2ccc(C)c(C)c2)cc1. The van der Waals surface area contributed by atoms with E-state index in [2.05, 4.69) is 31.4 Å². The van der Waals surface area contributed by atoms with Gasteiger partial charge in [-0.2, -0.15) is 5.10 Å². The number of aromatic nitrogens is 2.